The van der Waals surface area contributed by atoms with E-state index < -0.39 is 0 Å². The molecule has 20 heavy (non-hydrogen) atoms. The zero-order valence-corrected chi connectivity index (χ0v) is 12.3. The molecule has 0 aliphatic rings. The summed E-state index contributed by atoms with van der Waals surface area (Å²) in [7, 11) is 0. The molecular formula is C16H22N2O2. The van der Waals surface area contributed by atoms with Gasteiger partial charge in [0.1, 0.15) is 5.58 Å². The van der Waals surface area contributed by atoms with Crippen molar-refractivity contribution >= 4 is 16.9 Å². The quantitative estimate of drug-likeness (QED) is 0.881. The molecule has 108 valence electrons. The highest BCUT2D eigenvalue weighted by Gasteiger charge is 2.13. The summed E-state index contributed by atoms with van der Waals surface area (Å²) in [5.41, 5.74) is 7.82. The fraction of sp³-hybridized carbons (Fsp3) is 0.438. The molecule has 0 saturated carbocycles. The maximum atomic E-state index is 12.0. The van der Waals surface area contributed by atoms with Crippen molar-refractivity contribution in [3.05, 3.63) is 35.6 Å². The Morgan fingerprint density at radius 2 is 2.10 bits per heavy atom. The number of nitrogens with two attached hydrogens (primary N) is 1. The summed E-state index contributed by atoms with van der Waals surface area (Å²) in [6, 6.07) is 7.59. The summed E-state index contributed by atoms with van der Waals surface area (Å²) in [4.78, 5) is 12.0. The first-order valence-electron chi connectivity index (χ1n) is 6.99. The summed E-state index contributed by atoms with van der Waals surface area (Å²) in [5, 5.41) is 3.77. The van der Waals surface area contributed by atoms with Crippen LogP contribution in [0.2, 0.25) is 0 Å². The smallest absolute Gasteiger partial charge is 0.287 e. The minimum absolute atomic E-state index is 0.0226. The molecule has 0 fully saturated rings. The first-order chi connectivity index (χ1) is 9.45. The van der Waals surface area contributed by atoms with Crippen molar-refractivity contribution in [1.29, 1.82) is 0 Å². The largest absolute Gasteiger partial charge is 0.451 e. The molecule has 0 radical (unpaired) electrons. The molecule has 1 heterocycles. The van der Waals surface area contributed by atoms with Crippen LogP contribution in [0.4, 0.5) is 0 Å². The number of rotatable bonds is 5. The maximum absolute atomic E-state index is 12.0. The van der Waals surface area contributed by atoms with E-state index in [1.165, 1.54) is 0 Å². The van der Waals surface area contributed by atoms with Crippen molar-refractivity contribution in [2.45, 2.75) is 33.2 Å². The Hall–Kier alpha value is -1.81. The van der Waals surface area contributed by atoms with E-state index in [0.29, 0.717) is 18.2 Å². The van der Waals surface area contributed by atoms with Crippen molar-refractivity contribution < 1.29 is 9.21 Å². The van der Waals surface area contributed by atoms with E-state index in [1.54, 1.807) is 6.07 Å². The Labute approximate surface area is 119 Å². The zero-order chi connectivity index (χ0) is 14.7. The standard InChI is InChI=1S/C16H22N2O2/c1-10(2)6-13(17)9-18-16(19)15-8-12-7-11(3)4-5-14(12)20-15/h4-5,7-8,10,13H,6,9,17H2,1-3H3,(H,18,19). The molecule has 0 saturated heterocycles. The lowest BCUT2D eigenvalue weighted by Gasteiger charge is -2.14. The van der Waals surface area contributed by atoms with Crippen LogP contribution in [0, 0.1) is 12.8 Å². The maximum Gasteiger partial charge on any atom is 0.287 e. The van der Waals surface area contributed by atoms with Gasteiger partial charge in [0.2, 0.25) is 0 Å². The number of aryl methyl sites for hydroxylation is 1. The van der Waals surface area contributed by atoms with Crippen LogP contribution in [0.1, 0.15) is 36.4 Å². The number of carbonyl (C=O) groups excluding carboxylic acids is 1. The van der Waals surface area contributed by atoms with Crippen molar-refractivity contribution in [2.75, 3.05) is 6.54 Å². The van der Waals surface area contributed by atoms with Crippen LogP contribution < -0.4 is 11.1 Å². The van der Waals surface area contributed by atoms with Gasteiger partial charge in [-0.3, -0.25) is 4.79 Å². The number of furan rings is 1. The molecule has 4 nitrogen and oxygen atoms in total. The van der Waals surface area contributed by atoms with Crippen molar-refractivity contribution in [3.63, 3.8) is 0 Å². The second-order valence-electron chi connectivity index (χ2n) is 5.75. The molecule has 0 bridgehead atoms. The van der Waals surface area contributed by atoms with Crippen LogP contribution >= 0.6 is 0 Å². The van der Waals surface area contributed by atoms with Gasteiger partial charge in [0.15, 0.2) is 5.76 Å². The van der Waals surface area contributed by atoms with E-state index in [1.807, 2.05) is 25.1 Å². The Morgan fingerprint density at radius 3 is 2.80 bits per heavy atom. The van der Waals surface area contributed by atoms with Crippen molar-refractivity contribution in [3.8, 4) is 0 Å². The second-order valence-corrected chi connectivity index (χ2v) is 5.75. The van der Waals surface area contributed by atoms with Crippen molar-refractivity contribution in [1.82, 2.24) is 5.32 Å². The Kier molecular flexibility index (Phi) is 4.45. The molecule has 0 aliphatic carbocycles. The fourth-order valence-electron chi connectivity index (χ4n) is 2.27. The summed E-state index contributed by atoms with van der Waals surface area (Å²) < 4.78 is 5.55. The minimum atomic E-state index is -0.210. The number of benzene rings is 1. The molecule has 1 atom stereocenters. The van der Waals surface area contributed by atoms with Gasteiger partial charge in [0, 0.05) is 18.0 Å². The van der Waals surface area contributed by atoms with Gasteiger partial charge in [-0.2, -0.15) is 0 Å². The lowest BCUT2D eigenvalue weighted by Crippen LogP contribution is -2.37. The number of amides is 1. The average Bonchev–Trinajstić information content (AvgIpc) is 2.78. The Bertz CT molecular complexity index is 602. The molecule has 2 rings (SSSR count). The van der Waals surface area contributed by atoms with E-state index in [4.69, 9.17) is 10.2 Å². The number of nitrogens with one attached hydrogen (secondary N) is 1. The van der Waals surface area contributed by atoms with Crippen LogP contribution in [0.3, 0.4) is 0 Å². The third kappa shape index (κ3) is 3.61. The first kappa shape index (κ1) is 14.6. The highest BCUT2D eigenvalue weighted by Crippen LogP contribution is 2.20. The highest BCUT2D eigenvalue weighted by atomic mass is 16.3. The van der Waals surface area contributed by atoms with Gasteiger partial charge < -0.3 is 15.5 Å². The van der Waals surface area contributed by atoms with Gasteiger partial charge in [-0.05, 0) is 37.5 Å². The predicted molar refractivity (Wildman–Crippen MR) is 80.7 cm³/mol. The van der Waals surface area contributed by atoms with Gasteiger partial charge in [0.25, 0.3) is 5.91 Å². The average molecular weight is 274 g/mol. The molecule has 1 unspecified atom stereocenters. The van der Waals surface area contributed by atoms with Crippen molar-refractivity contribution in [2.24, 2.45) is 11.7 Å². The van der Waals surface area contributed by atoms with Gasteiger partial charge >= 0.3 is 0 Å². The van der Waals surface area contributed by atoms with Crippen LogP contribution in [-0.2, 0) is 0 Å². The van der Waals surface area contributed by atoms with E-state index in [2.05, 4.69) is 19.2 Å². The zero-order valence-electron chi connectivity index (χ0n) is 12.3. The normalized spacial score (nSPS) is 12.8. The molecule has 4 heteroatoms. The van der Waals surface area contributed by atoms with Gasteiger partial charge in [-0.1, -0.05) is 25.5 Å². The Morgan fingerprint density at radius 1 is 1.35 bits per heavy atom. The predicted octanol–water partition coefficient (Wildman–Crippen LogP) is 2.84. The summed E-state index contributed by atoms with van der Waals surface area (Å²) in [6.45, 7) is 6.71. The number of hydrogen-bond donors (Lipinski definition) is 2. The molecule has 0 aliphatic heterocycles. The first-order valence-corrected chi connectivity index (χ1v) is 6.99. The summed E-state index contributed by atoms with van der Waals surface area (Å²) >= 11 is 0. The lowest BCUT2D eigenvalue weighted by molar-refractivity contribution is 0.0924. The third-order valence-corrected chi connectivity index (χ3v) is 3.19. The summed E-state index contributed by atoms with van der Waals surface area (Å²) in [5.74, 6) is 0.650. The van der Waals surface area contributed by atoms with E-state index >= 15 is 0 Å². The van der Waals surface area contributed by atoms with Crippen LogP contribution in [0.15, 0.2) is 28.7 Å². The molecule has 0 spiro atoms. The van der Waals surface area contributed by atoms with E-state index in [9.17, 15) is 4.79 Å². The van der Waals surface area contributed by atoms with Crippen LogP contribution in [0.5, 0.6) is 0 Å². The van der Waals surface area contributed by atoms with Gasteiger partial charge in [-0.25, -0.2) is 0 Å². The monoisotopic (exact) mass is 274 g/mol. The topological polar surface area (TPSA) is 68.3 Å². The second kappa shape index (κ2) is 6.09. The van der Waals surface area contributed by atoms with E-state index in [0.717, 1.165) is 23.0 Å². The minimum Gasteiger partial charge on any atom is -0.451 e. The van der Waals surface area contributed by atoms with E-state index in [-0.39, 0.29) is 11.9 Å². The molecule has 1 aromatic carbocycles. The third-order valence-electron chi connectivity index (χ3n) is 3.19. The highest BCUT2D eigenvalue weighted by molar-refractivity contribution is 5.96. The van der Waals surface area contributed by atoms with Gasteiger partial charge in [-0.15, -0.1) is 0 Å². The molecule has 3 N–H and O–H groups in total. The number of hydrogen-bond acceptors (Lipinski definition) is 3. The number of fused-ring (bicyclic) bond motifs is 1. The van der Waals surface area contributed by atoms with Crippen LogP contribution in [0.25, 0.3) is 11.0 Å². The Balaban J connectivity index is 2.00. The SMILES string of the molecule is Cc1ccc2oc(C(=O)NCC(N)CC(C)C)cc2c1. The number of carbonyl (C=O) groups is 1. The summed E-state index contributed by atoms with van der Waals surface area (Å²) in [6.07, 6.45) is 0.888. The lowest BCUT2D eigenvalue weighted by atomic mass is 10.0. The molecule has 1 amide bonds. The van der Waals surface area contributed by atoms with Gasteiger partial charge in [0.05, 0.1) is 0 Å². The fourth-order valence-corrected chi connectivity index (χ4v) is 2.27. The molecule has 2 aromatic rings. The molecule has 1 aromatic heterocycles. The molecular weight excluding hydrogens is 252 g/mol. The van der Waals surface area contributed by atoms with Crippen LogP contribution in [-0.4, -0.2) is 18.5 Å².